The lowest BCUT2D eigenvalue weighted by molar-refractivity contribution is -0.118. The van der Waals surface area contributed by atoms with E-state index in [9.17, 15) is 9.59 Å². The van der Waals surface area contributed by atoms with Crippen LogP contribution in [0.1, 0.15) is 42.2 Å². The number of amides is 1. The van der Waals surface area contributed by atoms with Crippen LogP contribution in [-0.2, 0) is 9.53 Å². The summed E-state index contributed by atoms with van der Waals surface area (Å²) in [6.45, 7) is 3.97. The first-order valence-electron chi connectivity index (χ1n) is 8.66. The smallest absolute Gasteiger partial charge is 0.337 e. The molecule has 0 saturated carbocycles. The van der Waals surface area contributed by atoms with Gasteiger partial charge in [0.25, 0.3) is 0 Å². The van der Waals surface area contributed by atoms with E-state index in [1.807, 2.05) is 37.3 Å². The zero-order valence-electron chi connectivity index (χ0n) is 15.2. The van der Waals surface area contributed by atoms with Crippen LogP contribution >= 0.6 is 0 Å². The fourth-order valence-electron chi connectivity index (χ4n) is 2.97. The molecule has 3 rings (SSSR count). The van der Waals surface area contributed by atoms with Crippen LogP contribution in [0.2, 0.25) is 0 Å². The van der Waals surface area contributed by atoms with E-state index in [4.69, 9.17) is 4.74 Å². The van der Waals surface area contributed by atoms with E-state index < -0.39 is 5.97 Å². The molecule has 134 valence electrons. The number of carbonyl (C=O) groups is 2. The number of benzene rings is 1. The normalized spacial score (nSPS) is 20.8. The topological polar surface area (TPSA) is 68.3 Å². The van der Waals surface area contributed by atoms with E-state index in [1.54, 1.807) is 18.3 Å². The van der Waals surface area contributed by atoms with Crippen molar-refractivity contribution in [3.8, 4) is 11.1 Å². The summed E-state index contributed by atoms with van der Waals surface area (Å²) in [6, 6.07) is 9.13. The molecular weight excluding hydrogens is 328 g/mol. The molecule has 2 atom stereocenters. The van der Waals surface area contributed by atoms with Crippen molar-refractivity contribution in [1.29, 1.82) is 0 Å². The molecule has 1 aliphatic heterocycles. The Hall–Kier alpha value is -2.95. The molecule has 26 heavy (non-hydrogen) atoms. The molecule has 2 heterocycles. The van der Waals surface area contributed by atoms with Gasteiger partial charge in [0.15, 0.2) is 0 Å². The summed E-state index contributed by atoms with van der Waals surface area (Å²) in [6.07, 6.45) is 6.53. The second kappa shape index (κ2) is 7.52. The molecule has 5 nitrogen and oxygen atoms in total. The molecular formula is C21H22N2O3. The van der Waals surface area contributed by atoms with Gasteiger partial charge in [0.1, 0.15) is 0 Å². The van der Waals surface area contributed by atoms with Crippen molar-refractivity contribution in [2.45, 2.75) is 26.2 Å². The summed E-state index contributed by atoms with van der Waals surface area (Å²) in [5.41, 5.74) is 3.77. The first-order valence-corrected chi connectivity index (χ1v) is 8.66. The maximum absolute atomic E-state index is 12.6. The average Bonchev–Trinajstić information content (AvgIpc) is 2.66. The highest BCUT2D eigenvalue weighted by Gasteiger charge is 2.18. The van der Waals surface area contributed by atoms with Gasteiger partial charge in [-0.3, -0.25) is 9.78 Å². The molecule has 2 bridgehead atoms. The molecule has 0 fully saturated rings. The van der Waals surface area contributed by atoms with Crippen molar-refractivity contribution < 1.29 is 14.3 Å². The molecule has 0 radical (unpaired) electrons. The van der Waals surface area contributed by atoms with Crippen molar-refractivity contribution in [2.75, 3.05) is 12.4 Å². The molecule has 0 saturated heterocycles. The predicted octanol–water partition coefficient (Wildman–Crippen LogP) is 4.17. The third-order valence-electron chi connectivity index (χ3n) is 4.62. The van der Waals surface area contributed by atoms with Crippen LogP contribution in [0.4, 0.5) is 5.69 Å². The summed E-state index contributed by atoms with van der Waals surface area (Å²) >= 11 is 0. The van der Waals surface area contributed by atoms with E-state index in [2.05, 4.69) is 17.2 Å². The minimum absolute atomic E-state index is 0.118. The molecule has 1 aliphatic rings. The second-order valence-electron chi connectivity index (χ2n) is 6.56. The van der Waals surface area contributed by atoms with Crippen molar-refractivity contribution in [3.63, 3.8) is 0 Å². The summed E-state index contributed by atoms with van der Waals surface area (Å²) in [5, 5.41) is 2.95. The zero-order chi connectivity index (χ0) is 18.7. The Kier molecular flexibility index (Phi) is 5.16. The predicted molar refractivity (Wildman–Crippen MR) is 101 cm³/mol. The number of nitrogens with zero attached hydrogens (tertiary/aromatic N) is 1. The molecule has 0 spiro atoms. The summed E-state index contributed by atoms with van der Waals surface area (Å²) in [4.78, 5) is 28.9. The number of allylic oxidation sites excluding steroid dienone is 1. The van der Waals surface area contributed by atoms with Gasteiger partial charge in [-0.25, -0.2) is 4.79 Å². The van der Waals surface area contributed by atoms with Gasteiger partial charge in [-0.15, -0.1) is 0 Å². The first kappa shape index (κ1) is 17.9. The Morgan fingerprint density at radius 3 is 2.81 bits per heavy atom. The van der Waals surface area contributed by atoms with Gasteiger partial charge in [0.2, 0.25) is 5.91 Å². The Labute approximate surface area is 153 Å². The third-order valence-corrected chi connectivity index (χ3v) is 4.62. The Bertz CT molecular complexity index is 873. The third kappa shape index (κ3) is 3.67. The average molecular weight is 350 g/mol. The minimum Gasteiger partial charge on any atom is -0.465 e. The highest BCUT2D eigenvalue weighted by molar-refractivity contribution is 6.00. The molecule has 5 heteroatoms. The lowest BCUT2D eigenvalue weighted by atomic mass is 9.95. The van der Waals surface area contributed by atoms with Gasteiger partial charge >= 0.3 is 5.97 Å². The van der Waals surface area contributed by atoms with Gasteiger partial charge in [-0.05, 0) is 36.2 Å². The maximum atomic E-state index is 12.6. The van der Waals surface area contributed by atoms with E-state index in [1.165, 1.54) is 7.11 Å². The van der Waals surface area contributed by atoms with Crippen molar-refractivity contribution in [3.05, 3.63) is 59.9 Å². The molecule has 1 N–H and O–H groups in total. The number of carbonyl (C=O) groups excluding carboxylic acids is 2. The number of pyridine rings is 1. The van der Waals surface area contributed by atoms with Gasteiger partial charge in [-0.1, -0.05) is 32.1 Å². The number of hydrogen-bond donors (Lipinski definition) is 1. The molecule has 1 aromatic carbocycles. The van der Waals surface area contributed by atoms with E-state index in [-0.39, 0.29) is 17.7 Å². The summed E-state index contributed by atoms with van der Waals surface area (Å²) < 4.78 is 4.80. The first-order chi connectivity index (χ1) is 12.5. The van der Waals surface area contributed by atoms with Crippen LogP contribution in [-0.4, -0.2) is 24.0 Å². The van der Waals surface area contributed by atoms with Crippen LogP contribution in [0.3, 0.4) is 0 Å². The van der Waals surface area contributed by atoms with Crippen LogP contribution in [0, 0.1) is 5.92 Å². The largest absolute Gasteiger partial charge is 0.465 e. The van der Waals surface area contributed by atoms with Crippen molar-refractivity contribution in [1.82, 2.24) is 4.98 Å². The van der Waals surface area contributed by atoms with Gasteiger partial charge in [-0.2, -0.15) is 0 Å². The summed E-state index contributed by atoms with van der Waals surface area (Å²) in [7, 11) is 1.34. The van der Waals surface area contributed by atoms with E-state index >= 15 is 0 Å². The fraction of sp³-hybridized carbons (Fsp3) is 0.286. The van der Waals surface area contributed by atoms with E-state index in [0.29, 0.717) is 11.3 Å². The van der Waals surface area contributed by atoms with Crippen LogP contribution in [0.5, 0.6) is 0 Å². The molecule has 0 aliphatic carbocycles. The zero-order valence-corrected chi connectivity index (χ0v) is 15.2. The Balaban J connectivity index is 2.16. The quantitative estimate of drug-likeness (QED) is 0.619. The Morgan fingerprint density at radius 2 is 2.04 bits per heavy atom. The number of rotatable bonds is 1. The van der Waals surface area contributed by atoms with Gasteiger partial charge < -0.3 is 10.1 Å². The number of esters is 1. The van der Waals surface area contributed by atoms with Crippen molar-refractivity contribution >= 4 is 17.6 Å². The number of nitrogens with one attached hydrogen (secondary N) is 1. The second-order valence-corrected chi connectivity index (χ2v) is 6.56. The lowest BCUT2D eigenvalue weighted by Crippen LogP contribution is -2.20. The van der Waals surface area contributed by atoms with Gasteiger partial charge in [0, 0.05) is 29.1 Å². The number of anilines is 1. The number of ether oxygens (including phenoxy) is 1. The molecule has 2 aromatic rings. The summed E-state index contributed by atoms with van der Waals surface area (Å²) in [5.74, 6) is -0.585. The minimum atomic E-state index is -0.440. The SMILES string of the molecule is COC(=O)c1ccc2c(c1)NC(=O)[C@H](C)/C=C/C[C@H](C)c1cc-2ccn1. The maximum Gasteiger partial charge on any atom is 0.337 e. The molecule has 1 aromatic heterocycles. The number of aromatic nitrogens is 1. The van der Waals surface area contributed by atoms with Crippen molar-refractivity contribution in [2.24, 2.45) is 5.92 Å². The molecule has 0 unspecified atom stereocenters. The van der Waals surface area contributed by atoms with Crippen LogP contribution in [0.25, 0.3) is 11.1 Å². The highest BCUT2D eigenvalue weighted by atomic mass is 16.5. The van der Waals surface area contributed by atoms with Crippen LogP contribution < -0.4 is 5.32 Å². The monoisotopic (exact) mass is 350 g/mol. The lowest BCUT2D eigenvalue weighted by Gasteiger charge is -2.17. The fourth-order valence-corrected chi connectivity index (χ4v) is 2.97. The standard InChI is InChI=1S/C21H22N2O3/c1-13-5-4-6-14(2)20(24)23-19-12-16(21(25)26-3)7-8-17(19)15-9-10-22-18(13)11-15/h4,6-14H,5H2,1-3H3,(H,23,24)/b6-4+/t13-,14+/m0/s1. The number of hydrogen-bond acceptors (Lipinski definition) is 4. The highest BCUT2D eigenvalue weighted by Crippen LogP contribution is 2.32. The van der Waals surface area contributed by atoms with Gasteiger partial charge in [0.05, 0.1) is 18.6 Å². The Morgan fingerprint density at radius 1 is 1.23 bits per heavy atom. The van der Waals surface area contributed by atoms with E-state index in [0.717, 1.165) is 23.2 Å². The number of methoxy groups -OCH3 is 1. The van der Waals surface area contributed by atoms with Crippen LogP contribution in [0.15, 0.2) is 48.7 Å². The molecule has 1 amide bonds. The number of fused-ring (bicyclic) bond motifs is 4.